The minimum Gasteiger partial charge on any atom is -0.493 e. The van der Waals surface area contributed by atoms with Gasteiger partial charge in [-0.3, -0.25) is 4.79 Å². The number of rotatable bonds is 7. The average Bonchev–Trinajstić information content (AvgIpc) is 2.79. The minimum atomic E-state index is -0.580. The Hall–Kier alpha value is -3.46. The summed E-state index contributed by atoms with van der Waals surface area (Å²) in [4.78, 5) is 12.7. The van der Waals surface area contributed by atoms with Crippen molar-refractivity contribution < 1.29 is 14.3 Å². The first kappa shape index (κ1) is 24.2. The third kappa shape index (κ3) is 5.87. The Bertz CT molecular complexity index is 1240. The van der Waals surface area contributed by atoms with Crippen molar-refractivity contribution >= 4 is 40.9 Å². The summed E-state index contributed by atoms with van der Waals surface area (Å²) in [5.74, 6) is 0.194. The molecular weight excluding hydrogens is 459 g/mol. The maximum atomic E-state index is 12.7. The van der Waals surface area contributed by atoms with Gasteiger partial charge in [0.25, 0.3) is 5.91 Å². The summed E-state index contributed by atoms with van der Waals surface area (Å²) in [6.45, 7) is 4.14. The number of benzene rings is 3. The second-order valence-corrected chi connectivity index (χ2v) is 8.12. The largest absolute Gasteiger partial charge is 0.493 e. The number of carbonyl (C=O) groups excluding carboxylic acids is 1. The molecule has 5 nitrogen and oxygen atoms in total. The molecule has 0 spiro atoms. The van der Waals surface area contributed by atoms with E-state index in [2.05, 4.69) is 5.32 Å². The number of hydrogen-bond donors (Lipinski definition) is 1. The molecule has 33 heavy (non-hydrogen) atoms. The van der Waals surface area contributed by atoms with E-state index >= 15 is 0 Å². The highest BCUT2D eigenvalue weighted by Gasteiger charge is 2.16. The third-order valence-corrected chi connectivity index (χ3v) is 5.62. The summed E-state index contributed by atoms with van der Waals surface area (Å²) in [7, 11) is 1.50. The SMILES string of the molecule is COc1cc(/C=C(\C#N)C(=O)Nc2c(C)cccc2Cl)cc(Cl)c1OCc1ccccc1C. The molecule has 0 bridgehead atoms. The highest BCUT2D eigenvalue weighted by molar-refractivity contribution is 6.34. The molecule has 0 radical (unpaired) electrons. The zero-order chi connectivity index (χ0) is 24.0. The summed E-state index contributed by atoms with van der Waals surface area (Å²) in [5.41, 5.74) is 3.78. The van der Waals surface area contributed by atoms with Crippen molar-refractivity contribution in [1.29, 1.82) is 5.26 Å². The molecule has 0 fully saturated rings. The highest BCUT2D eigenvalue weighted by Crippen LogP contribution is 2.38. The van der Waals surface area contributed by atoms with Crippen LogP contribution >= 0.6 is 23.2 Å². The van der Waals surface area contributed by atoms with Crippen molar-refractivity contribution in [2.75, 3.05) is 12.4 Å². The van der Waals surface area contributed by atoms with Crippen LogP contribution in [0.1, 0.15) is 22.3 Å². The van der Waals surface area contributed by atoms with Crippen LogP contribution in [0.2, 0.25) is 10.0 Å². The summed E-state index contributed by atoms with van der Waals surface area (Å²) in [6.07, 6.45) is 1.43. The van der Waals surface area contributed by atoms with E-state index < -0.39 is 5.91 Å². The summed E-state index contributed by atoms with van der Waals surface area (Å²) in [6, 6.07) is 18.3. The zero-order valence-corrected chi connectivity index (χ0v) is 19.9. The lowest BCUT2D eigenvalue weighted by atomic mass is 10.1. The molecule has 0 saturated heterocycles. The van der Waals surface area contributed by atoms with Gasteiger partial charge in [-0.15, -0.1) is 0 Å². The van der Waals surface area contributed by atoms with Crippen molar-refractivity contribution in [2.45, 2.75) is 20.5 Å². The molecule has 0 aliphatic rings. The number of hydrogen-bond acceptors (Lipinski definition) is 4. The fourth-order valence-electron chi connectivity index (χ4n) is 3.17. The number of anilines is 1. The van der Waals surface area contributed by atoms with E-state index in [1.165, 1.54) is 13.2 Å². The predicted octanol–water partition coefficient (Wildman–Crippen LogP) is 6.74. The van der Waals surface area contributed by atoms with Gasteiger partial charge in [0, 0.05) is 0 Å². The Balaban J connectivity index is 1.86. The summed E-state index contributed by atoms with van der Waals surface area (Å²) in [5, 5.41) is 12.9. The van der Waals surface area contributed by atoms with E-state index in [1.54, 1.807) is 24.3 Å². The Kier molecular flexibility index (Phi) is 8.00. The molecule has 7 heteroatoms. The Morgan fingerprint density at radius 3 is 2.45 bits per heavy atom. The van der Waals surface area contributed by atoms with Crippen molar-refractivity contribution in [3.63, 3.8) is 0 Å². The number of amides is 1. The van der Waals surface area contributed by atoms with Crippen molar-refractivity contribution in [2.24, 2.45) is 0 Å². The molecule has 1 amide bonds. The summed E-state index contributed by atoms with van der Waals surface area (Å²) >= 11 is 12.6. The number of nitrogens with one attached hydrogen (secondary N) is 1. The van der Waals surface area contributed by atoms with Crippen molar-refractivity contribution in [1.82, 2.24) is 0 Å². The first-order valence-electron chi connectivity index (χ1n) is 10.1. The topological polar surface area (TPSA) is 71.3 Å². The molecular formula is C26H22Cl2N2O3. The second kappa shape index (κ2) is 10.9. The molecule has 3 aromatic rings. The molecule has 0 heterocycles. The van der Waals surface area contributed by atoms with Gasteiger partial charge in [0.05, 0.1) is 22.8 Å². The Morgan fingerprint density at radius 2 is 1.79 bits per heavy atom. The fourth-order valence-corrected chi connectivity index (χ4v) is 3.71. The van der Waals surface area contributed by atoms with Crippen LogP contribution in [0.15, 0.2) is 60.2 Å². The summed E-state index contributed by atoms with van der Waals surface area (Å²) < 4.78 is 11.4. The van der Waals surface area contributed by atoms with Crippen LogP contribution in [-0.4, -0.2) is 13.0 Å². The maximum absolute atomic E-state index is 12.7. The van der Waals surface area contributed by atoms with Crippen LogP contribution in [0, 0.1) is 25.2 Å². The number of nitriles is 1. The predicted molar refractivity (Wildman–Crippen MR) is 132 cm³/mol. The van der Waals surface area contributed by atoms with Gasteiger partial charge in [-0.1, -0.05) is 59.6 Å². The van der Waals surface area contributed by atoms with Crippen LogP contribution in [0.4, 0.5) is 5.69 Å². The van der Waals surface area contributed by atoms with Crippen LogP contribution < -0.4 is 14.8 Å². The van der Waals surface area contributed by atoms with Crippen LogP contribution in [0.25, 0.3) is 6.08 Å². The Morgan fingerprint density at radius 1 is 1.06 bits per heavy atom. The molecule has 0 aliphatic heterocycles. The van der Waals surface area contributed by atoms with Crippen LogP contribution in [0.5, 0.6) is 11.5 Å². The van der Waals surface area contributed by atoms with E-state index in [1.807, 2.05) is 50.2 Å². The normalized spacial score (nSPS) is 11.0. The van der Waals surface area contributed by atoms with E-state index in [9.17, 15) is 10.1 Å². The fraction of sp³-hybridized carbons (Fsp3) is 0.154. The van der Waals surface area contributed by atoms with Gasteiger partial charge in [0.15, 0.2) is 11.5 Å². The third-order valence-electron chi connectivity index (χ3n) is 5.02. The molecule has 0 saturated carbocycles. The van der Waals surface area contributed by atoms with E-state index in [0.29, 0.717) is 39.4 Å². The lowest BCUT2D eigenvalue weighted by Crippen LogP contribution is -2.14. The second-order valence-electron chi connectivity index (χ2n) is 7.30. The minimum absolute atomic E-state index is 0.110. The monoisotopic (exact) mass is 480 g/mol. The first-order valence-corrected chi connectivity index (χ1v) is 10.8. The van der Waals surface area contributed by atoms with E-state index in [0.717, 1.165) is 16.7 Å². The molecule has 3 aromatic carbocycles. The van der Waals surface area contributed by atoms with Gasteiger partial charge in [-0.25, -0.2) is 0 Å². The first-order chi connectivity index (χ1) is 15.8. The van der Waals surface area contributed by atoms with E-state index in [4.69, 9.17) is 32.7 Å². The number of ether oxygens (including phenoxy) is 2. The van der Waals surface area contributed by atoms with Crippen molar-refractivity contribution in [3.8, 4) is 17.6 Å². The standard InChI is InChI=1S/C26H22Cl2N2O3/c1-16-7-4-5-9-19(16)15-33-25-22(28)12-18(13-23(25)32-3)11-20(14-29)26(31)30-24-17(2)8-6-10-21(24)27/h4-13H,15H2,1-3H3,(H,30,31)/b20-11+. The molecule has 1 N–H and O–H groups in total. The van der Waals surface area contributed by atoms with Gasteiger partial charge in [0.2, 0.25) is 0 Å². The number of methoxy groups -OCH3 is 1. The van der Waals surface area contributed by atoms with Crippen molar-refractivity contribution in [3.05, 3.63) is 92.5 Å². The number of para-hydroxylation sites is 1. The molecule has 0 aliphatic carbocycles. The van der Waals surface area contributed by atoms with Gasteiger partial charge in [-0.2, -0.15) is 5.26 Å². The lowest BCUT2D eigenvalue weighted by molar-refractivity contribution is -0.112. The number of aryl methyl sites for hydroxylation is 2. The van der Waals surface area contributed by atoms with Crippen LogP contribution in [0.3, 0.4) is 0 Å². The van der Waals surface area contributed by atoms with Gasteiger partial charge in [0.1, 0.15) is 18.2 Å². The smallest absolute Gasteiger partial charge is 0.266 e. The number of carbonyl (C=O) groups is 1. The Labute approximate surface area is 203 Å². The number of nitrogens with zero attached hydrogens (tertiary/aromatic N) is 1. The molecule has 0 unspecified atom stereocenters. The van der Waals surface area contributed by atoms with E-state index in [-0.39, 0.29) is 5.57 Å². The molecule has 0 atom stereocenters. The zero-order valence-electron chi connectivity index (χ0n) is 18.4. The number of halogens is 2. The highest BCUT2D eigenvalue weighted by atomic mass is 35.5. The lowest BCUT2D eigenvalue weighted by Gasteiger charge is -2.14. The van der Waals surface area contributed by atoms with Gasteiger partial charge < -0.3 is 14.8 Å². The average molecular weight is 481 g/mol. The molecule has 3 rings (SSSR count). The maximum Gasteiger partial charge on any atom is 0.266 e. The van der Waals surface area contributed by atoms with Gasteiger partial charge >= 0.3 is 0 Å². The quantitative estimate of drug-likeness (QED) is 0.300. The van der Waals surface area contributed by atoms with Gasteiger partial charge in [-0.05, 0) is 60.4 Å². The molecule has 168 valence electrons. The van der Waals surface area contributed by atoms with Crippen LogP contribution in [-0.2, 0) is 11.4 Å². The molecule has 0 aromatic heterocycles.